The third-order valence-electron chi connectivity index (χ3n) is 3.37. The van der Waals surface area contributed by atoms with Gasteiger partial charge >= 0.3 is 0 Å². The largest absolute Gasteiger partial charge is 0.496 e. The Labute approximate surface area is 152 Å². The van der Waals surface area contributed by atoms with Crippen molar-refractivity contribution in [3.63, 3.8) is 0 Å². The molecule has 0 unspecified atom stereocenters. The number of hydrogen-bond donors (Lipinski definition) is 1. The lowest BCUT2D eigenvalue weighted by Gasteiger charge is -2.24. The number of nitrogens with zero attached hydrogens (tertiary/aromatic N) is 1. The van der Waals surface area contributed by atoms with Crippen molar-refractivity contribution in [2.24, 2.45) is 5.10 Å². The highest BCUT2D eigenvalue weighted by molar-refractivity contribution is 14.1. The van der Waals surface area contributed by atoms with Crippen molar-refractivity contribution < 1.29 is 19.0 Å². The van der Waals surface area contributed by atoms with Gasteiger partial charge in [0, 0.05) is 0 Å². The summed E-state index contributed by atoms with van der Waals surface area (Å²) in [5.41, 5.74) is 3.32. The number of amides is 1. The van der Waals surface area contributed by atoms with Gasteiger partial charge in [0.15, 0.2) is 11.5 Å². The minimum Gasteiger partial charge on any atom is -0.496 e. The molecule has 1 heterocycles. The van der Waals surface area contributed by atoms with Crippen molar-refractivity contribution in [1.82, 2.24) is 5.43 Å². The van der Waals surface area contributed by atoms with Gasteiger partial charge in [-0.15, -0.1) is 0 Å². The van der Waals surface area contributed by atoms with Gasteiger partial charge < -0.3 is 14.2 Å². The molecule has 0 saturated carbocycles. The lowest BCUT2D eigenvalue weighted by atomic mass is 10.2. The molecule has 1 atom stereocenters. The fourth-order valence-electron chi connectivity index (χ4n) is 2.15. The van der Waals surface area contributed by atoms with Crippen LogP contribution >= 0.6 is 22.6 Å². The maximum atomic E-state index is 12.1. The fraction of sp³-hybridized carbons (Fsp3) is 0.176. The first-order valence-electron chi connectivity index (χ1n) is 7.22. The average Bonchev–Trinajstić information content (AvgIpc) is 2.61. The molecule has 3 rings (SSSR count). The van der Waals surface area contributed by atoms with Crippen molar-refractivity contribution in [3.8, 4) is 17.2 Å². The molecule has 7 heteroatoms. The van der Waals surface area contributed by atoms with Crippen LogP contribution in [0.4, 0.5) is 0 Å². The SMILES string of the molecule is COc1ccc(/C=N\NC(=O)[C@H]2COc3ccccc3O2)cc1I. The van der Waals surface area contributed by atoms with Crippen LogP contribution in [-0.2, 0) is 4.79 Å². The second kappa shape index (κ2) is 7.52. The molecule has 1 aliphatic rings. The Morgan fingerprint density at radius 3 is 2.88 bits per heavy atom. The van der Waals surface area contributed by atoms with Crippen LogP contribution in [0.5, 0.6) is 17.2 Å². The Balaban J connectivity index is 1.59. The number of rotatable bonds is 4. The van der Waals surface area contributed by atoms with Gasteiger partial charge in [-0.2, -0.15) is 5.10 Å². The first-order chi connectivity index (χ1) is 11.7. The molecule has 124 valence electrons. The van der Waals surface area contributed by atoms with E-state index in [1.165, 1.54) is 0 Å². The van der Waals surface area contributed by atoms with Crippen LogP contribution in [0, 0.1) is 3.57 Å². The highest BCUT2D eigenvalue weighted by Gasteiger charge is 2.26. The van der Waals surface area contributed by atoms with Gasteiger partial charge in [-0.05, 0) is 58.5 Å². The molecule has 2 aromatic rings. The predicted molar refractivity (Wildman–Crippen MR) is 97.8 cm³/mol. The summed E-state index contributed by atoms with van der Waals surface area (Å²) in [6.07, 6.45) is 0.838. The third kappa shape index (κ3) is 3.78. The maximum absolute atomic E-state index is 12.1. The number of benzene rings is 2. The summed E-state index contributed by atoms with van der Waals surface area (Å²) in [6.45, 7) is 0.152. The summed E-state index contributed by atoms with van der Waals surface area (Å²) in [5, 5.41) is 3.97. The zero-order chi connectivity index (χ0) is 16.9. The molecular formula is C17H15IN2O4. The standard InChI is InChI=1S/C17H15IN2O4/c1-22-13-7-6-11(8-12(13)18)9-19-20-17(21)16-10-23-14-4-2-3-5-15(14)24-16/h2-9,16H,10H2,1H3,(H,20,21)/b19-9-/t16-/m1/s1. The van der Waals surface area contributed by atoms with E-state index < -0.39 is 6.10 Å². The Morgan fingerprint density at radius 1 is 1.33 bits per heavy atom. The van der Waals surface area contributed by atoms with Crippen molar-refractivity contribution in [1.29, 1.82) is 0 Å². The van der Waals surface area contributed by atoms with Crippen molar-refractivity contribution in [2.75, 3.05) is 13.7 Å². The smallest absolute Gasteiger partial charge is 0.284 e. The number of ether oxygens (including phenoxy) is 3. The average molecular weight is 438 g/mol. The first kappa shape index (κ1) is 16.6. The van der Waals surface area contributed by atoms with E-state index in [0.29, 0.717) is 11.5 Å². The molecule has 24 heavy (non-hydrogen) atoms. The van der Waals surface area contributed by atoms with E-state index in [2.05, 4.69) is 33.1 Å². The quantitative estimate of drug-likeness (QED) is 0.453. The molecular weight excluding hydrogens is 423 g/mol. The summed E-state index contributed by atoms with van der Waals surface area (Å²) in [7, 11) is 1.62. The van der Waals surface area contributed by atoms with E-state index in [4.69, 9.17) is 14.2 Å². The van der Waals surface area contributed by atoms with E-state index in [1.807, 2.05) is 30.3 Å². The van der Waals surface area contributed by atoms with Gasteiger partial charge in [0.25, 0.3) is 5.91 Å². The van der Waals surface area contributed by atoms with Crippen molar-refractivity contribution >= 4 is 34.7 Å². The molecule has 0 radical (unpaired) electrons. The summed E-state index contributed by atoms with van der Waals surface area (Å²) >= 11 is 2.18. The van der Waals surface area contributed by atoms with Gasteiger partial charge in [-0.3, -0.25) is 4.79 Å². The summed E-state index contributed by atoms with van der Waals surface area (Å²) in [4.78, 5) is 12.1. The fourth-order valence-corrected chi connectivity index (χ4v) is 2.91. The highest BCUT2D eigenvalue weighted by atomic mass is 127. The Hall–Kier alpha value is -2.29. The van der Waals surface area contributed by atoms with Crippen LogP contribution in [0.25, 0.3) is 0 Å². The number of fused-ring (bicyclic) bond motifs is 1. The number of carbonyl (C=O) groups is 1. The normalized spacial score (nSPS) is 16.0. The molecule has 1 amide bonds. The monoisotopic (exact) mass is 438 g/mol. The molecule has 6 nitrogen and oxygen atoms in total. The molecule has 1 N–H and O–H groups in total. The van der Waals surface area contributed by atoms with E-state index in [1.54, 1.807) is 25.5 Å². The predicted octanol–water partition coefficient (Wildman–Crippen LogP) is 2.59. The summed E-state index contributed by atoms with van der Waals surface area (Å²) in [5.74, 6) is 1.63. The number of carbonyl (C=O) groups excluding carboxylic acids is 1. The second-order valence-electron chi connectivity index (χ2n) is 4.99. The molecule has 0 aliphatic carbocycles. The van der Waals surface area contributed by atoms with Gasteiger partial charge in [0.05, 0.1) is 16.9 Å². The van der Waals surface area contributed by atoms with Crippen LogP contribution in [0.3, 0.4) is 0 Å². The lowest BCUT2D eigenvalue weighted by molar-refractivity contribution is -0.130. The molecule has 0 fully saturated rings. The first-order valence-corrected chi connectivity index (χ1v) is 8.30. The van der Waals surface area contributed by atoms with Gasteiger partial charge in [-0.1, -0.05) is 12.1 Å². The number of nitrogens with one attached hydrogen (secondary N) is 1. The van der Waals surface area contributed by atoms with E-state index in [0.717, 1.165) is 14.9 Å². The zero-order valence-corrected chi connectivity index (χ0v) is 15.0. The number of hydrogen-bond acceptors (Lipinski definition) is 5. The minimum atomic E-state index is -0.729. The molecule has 0 bridgehead atoms. The van der Waals surface area contributed by atoms with Crippen molar-refractivity contribution in [2.45, 2.75) is 6.10 Å². The molecule has 0 aromatic heterocycles. The van der Waals surface area contributed by atoms with E-state index in [-0.39, 0.29) is 12.5 Å². The Kier molecular flexibility index (Phi) is 5.19. The molecule has 0 spiro atoms. The third-order valence-corrected chi connectivity index (χ3v) is 4.21. The number of hydrazone groups is 1. The Morgan fingerprint density at radius 2 is 2.12 bits per heavy atom. The minimum absolute atomic E-state index is 0.152. The van der Waals surface area contributed by atoms with Crippen LogP contribution in [-0.4, -0.2) is 31.9 Å². The van der Waals surface area contributed by atoms with Crippen LogP contribution < -0.4 is 19.6 Å². The number of halogens is 1. The maximum Gasteiger partial charge on any atom is 0.284 e. The van der Waals surface area contributed by atoms with Gasteiger partial charge in [0.1, 0.15) is 12.4 Å². The molecule has 2 aromatic carbocycles. The van der Waals surface area contributed by atoms with Crippen LogP contribution in [0.2, 0.25) is 0 Å². The van der Waals surface area contributed by atoms with E-state index in [9.17, 15) is 4.79 Å². The van der Waals surface area contributed by atoms with Crippen LogP contribution in [0.1, 0.15) is 5.56 Å². The zero-order valence-electron chi connectivity index (χ0n) is 12.9. The molecule has 0 saturated heterocycles. The summed E-state index contributed by atoms with van der Waals surface area (Å²) < 4.78 is 17.3. The van der Waals surface area contributed by atoms with Crippen LogP contribution in [0.15, 0.2) is 47.6 Å². The topological polar surface area (TPSA) is 69.2 Å². The second-order valence-corrected chi connectivity index (χ2v) is 6.15. The highest BCUT2D eigenvalue weighted by Crippen LogP contribution is 2.30. The number of para-hydroxylation sites is 2. The van der Waals surface area contributed by atoms with Gasteiger partial charge in [-0.25, -0.2) is 5.43 Å². The van der Waals surface area contributed by atoms with Crippen molar-refractivity contribution in [3.05, 3.63) is 51.6 Å². The molecule has 1 aliphatic heterocycles. The Bertz CT molecular complexity index is 779. The number of methoxy groups -OCH3 is 1. The van der Waals surface area contributed by atoms with E-state index >= 15 is 0 Å². The van der Waals surface area contributed by atoms with Gasteiger partial charge in [0.2, 0.25) is 6.10 Å². The lowest BCUT2D eigenvalue weighted by Crippen LogP contribution is -2.42. The summed E-state index contributed by atoms with van der Waals surface area (Å²) in [6, 6.07) is 12.8.